The molecule has 1 atom stereocenters. The van der Waals surface area contributed by atoms with Crippen molar-refractivity contribution in [2.24, 2.45) is 11.8 Å². The third-order valence-corrected chi connectivity index (χ3v) is 4.66. The van der Waals surface area contributed by atoms with Gasteiger partial charge in [-0.05, 0) is 30.2 Å². The van der Waals surface area contributed by atoms with Crippen molar-refractivity contribution in [1.82, 2.24) is 15.1 Å². The molecule has 1 unspecified atom stereocenters. The molecular formula is C20H27N3O2. The summed E-state index contributed by atoms with van der Waals surface area (Å²) in [6, 6.07) is 10.2. The lowest BCUT2D eigenvalue weighted by atomic mass is 10.1. The standard InChI is InChI=1S/C20H27N3O2/c1-15(2)12-18-21-22-19(25-18)13-17-10-11-23(14-17)20(24)9-8-16-6-4-3-5-7-16/h3-7,15,17H,8-14H2,1-2H3. The largest absolute Gasteiger partial charge is 0.425 e. The smallest absolute Gasteiger partial charge is 0.222 e. The van der Waals surface area contributed by atoms with Gasteiger partial charge < -0.3 is 9.32 Å². The number of carbonyl (C=O) groups excluding carboxylic acids is 1. The second-order valence-electron chi connectivity index (χ2n) is 7.37. The molecule has 2 aromatic rings. The highest BCUT2D eigenvalue weighted by atomic mass is 16.4. The van der Waals surface area contributed by atoms with Crippen LogP contribution in [0.25, 0.3) is 0 Å². The molecule has 0 N–H and O–H groups in total. The predicted octanol–water partition coefficient (Wildman–Crippen LogP) is 3.29. The van der Waals surface area contributed by atoms with Gasteiger partial charge in [0.1, 0.15) is 0 Å². The van der Waals surface area contributed by atoms with Gasteiger partial charge >= 0.3 is 0 Å². The summed E-state index contributed by atoms with van der Waals surface area (Å²) in [5, 5.41) is 8.28. The zero-order chi connectivity index (χ0) is 17.6. The Balaban J connectivity index is 1.45. The van der Waals surface area contributed by atoms with E-state index >= 15 is 0 Å². The Morgan fingerprint density at radius 3 is 2.76 bits per heavy atom. The van der Waals surface area contributed by atoms with E-state index in [2.05, 4.69) is 36.2 Å². The number of carbonyl (C=O) groups is 1. The molecule has 1 aromatic carbocycles. The number of aromatic nitrogens is 2. The van der Waals surface area contributed by atoms with Crippen molar-refractivity contribution in [1.29, 1.82) is 0 Å². The number of likely N-dealkylation sites (tertiary alicyclic amines) is 1. The van der Waals surface area contributed by atoms with Crippen LogP contribution in [0.4, 0.5) is 0 Å². The zero-order valence-electron chi connectivity index (χ0n) is 15.1. The van der Waals surface area contributed by atoms with E-state index in [9.17, 15) is 4.79 Å². The van der Waals surface area contributed by atoms with Crippen LogP contribution in [0, 0.1) is 11.8 Å². The fraction of sp³-hybridized carbons (Fsp3) is 0.550. The van der Waals surface area contributed by atoms with Crippen LogP contribution in [0.3, 0.4) is 0 Å². The van der Waals surface area contributed by atoms with Gasteiger partial charge in [0.2, 0.25) is 17.7 Å². The maximum atomic E-state index is 12.4. The van der Waals surface area contributed by atoms with Crippen molar-refractivity contribution < 1.29 is 9.21 Å². The first-order valence-corrected chi connectivity index (χ1v) is 9.23. The summed E-state index contributed by atoms with van der Waals surface area (Å²) in [6.07, 6.45) is 3.99. The van der Waals surface area contributed by atoms with E-state index in [-0.39, 0.29) is 5.91 Å². The van der Waals surface area contributed by atoms with Crippen LogP contribution in [0.1, 0.15) is 44.0 Å². The van der Waals surface area contributed by atoms with E-state index in [0.29, 0.717) is 24.1 Å². The molecule has 0 aliphatic carbocycles. The monoisotopic (exact) mass is 341 g/mol. The van der Waals surface area contributed by atoms with E-state index in [0.717, 1.165) is 44.7 Å². The maximum Gasteiger partial charge on any atom is 0.222 e. The SMILES string of the molecule is CC(C)Cc1nnc(CC2CCN(C(=O)CCc3ccccc3)C2)o1. The Morgan fingerprint density at radius 2 is 2.00 bits per heavy atom. The minimum absolute atomic E-state index is 0.248. The van der Waals surface area contributed by atoms with E-state index in [1.54, 1.807) is 0 Å². The molecule has 3 rings (SSSR count). The third kappa shape index (κ3) is 5.15. The lowest BCUT2D eigenvalue weighted by molar-refractivity contribution is -0.130. The van der Waals surface area contributed by atoms with Gasteiger partial charge in [-0.1, -0.05) is 44.2 Å². The number of nitrogens with zero attached hydrogens (tertiary/aromatic N) is 3. The summed E-state index contributed by atoms with van der Waals surface area (Å²) in [5.41, 5.74) is 1.22. The van der Waals surface area contributed by atoms with Gasteiger partial charge in [-0.25, -0.2) is 0 Å². The van der Waals surface area contributed by atoms with Crippen LogP contribution in [-0.4, -0.2) is 34.1 Å². The Bertz CT molecular complexity index is 681. The molecule has 0 radical (unpaired) electrons. The lowest BCUT2D eigenvalue weighted by Crippen LogP contribution is -2.29. The normalized spacial score (nSPS) is 17.4. The Hall–Kier alpha value is -2.17. The molecule has 0 bridgehead atoms. The fourth-order valence-electron chi connectivity index (χ4n) is 3.33. The highest BCUT2D eigenvalue weighted by molar-refractivity contribution is 5.76. The quantitative estimate of drug-likeness (QED) is 0.775. The van der Waals surface area contributed by atoms with Crippen LogP contribution in [0.15, 0.2) is 34.7 Å². The first kappa shape index (κ1) is 17.6. The molecule has 0 spiro atoms. The van der Waals surface area contributed by atoms with E-state index in [1.165, 1.54) is 5.56 Å². The Labute approximate surface area is 149 Å². The first-order chi connectivity index (χ1) is 12.1. The van der Waals surface area contributed by atoms with Crippen LogP contribution in [-0.2, 0) is 24.1 Å². The lowest BCUT2D eigenvalue weighted by Gasteiger charge is -2.16. The predicted molar refractivity (Wildman–Crippen MR) is 96.0 cm³/mol. The van der Waals surface area contributed by atoms with Crippen molar-refractivity contribution in [3.8, 4) is 0 Å². The number of hydrogen-bond donors (Lipinski definition) is 0. The van der Waals surface area contributed by atoms with Crippen molar-refractivity contribution in [2.75, 3.05) is 13.1 Å². The second kappa shape index (κ2) is 8.28. The summed E-state index contributed by atoms with van der Waals surface area (Å²) in [4.78, 5) is 14.4. The van der Waals surface area contributed by atoms with Gasteiger partial charge in [0.15, 0.2) is 0 Å². The van der Waals surface area contributed by atoms with Crippen LogP contribution in [0.5, 0.6) is 0 Å². The van der Waals surface area contributed by atoms with Crippen molar-refractivity contribution in [2.45, 2.75) is 46.0 Å². The van der Waals surface area contributed by atoms with E-state index in [1.807, 2.05) is 23.1 Å². The molecular weight excluding hydrogens is 314 g/mol. The third-order valence-electron chi connectivity index (χ3n) is 4.66. The Kier molecular flexibility index (Phi) is 5.84. The minimum atomic E-state index is 0.248. The molecule has 2 heterocycles. The van der Waals surface area contributed by atoms with E-state index in [4.69, 9.17) is 4.42 Å². The van der Waals surface area contributed by atoms with Crippen LogP contribution < -0.4 is 0 Å². The summed E-state index contributed by atoms with van der Waals surface area (Å²) in [5.74, 6) is 2.61. The average molecular weight is 341 g/mol. The highest BCUT2D eigenvalue weighted by Crippen LogP contribution is 2.22. The molecule has 5 heteroatoms. The van der Waals surface area contributed by atoms with Crippen molar-refractivity contribution in [3.63, 3.8) is 0 Å². The van der Waals surface area contributed by atoms with Gasteiger partial charge in [0.05, 0.1) is 0 Å². The van der Waals surface area contributed by atoms with Gasteiger partial charge in [-0.3, -0.25) is 4.79 Å². The van der Waals surface area contributed by atoms with Gasteiger partial charge in [-0.15, -0.1) is 10.2 Å². The van der Waals surface area contributed by atoms with Gasteiger partial charge in [-0.2, -0.15) is 0 Å². The zero-order valence-corrected chi connectivity index (χ0v) is 15.1. The van der Waals surface area contributed by atoms with Crippen LogP contribution >= 0.6 is 0 Å². The van der Waals surface area contributed by atoms with Crippen molar-refractivity contribution in [3.05, 3.63) is 47.7 Å². The number of hydrogen-bond acceptors (Lipinski definition) is 4. The second-order valence-corrected chi connectivity index (χ2v) is 7.37. The topological polar surface area (TPSA) is 59.2 Å². The summed E-state index contributed by atoms with van der Waals surface area (Å²) in [6.45, 7) is 5.92. The molecule has 134 valence electrons. The molecule has 1 aromatic heterocycles. The summed E-state index contributed by atoms with van der Waals surface area (Å²) >= 11 is 0. The van der Waals surface area contributed by atoms with Crippen LogP contribution in [0.2, 0.25) is 0 Å². The molecule has 5 nitrogen and oxygen atoms in total. The molecule has 1 aliphatic rings. The fourth-order valence-corrected chi connectivity index (χ4v) is 3.33. The Morgan fingerprint density at radius 1 is 1.24 bits per heavy atom. The van der Waals surface area contributed by atoms with Crippen molar-refractivity contribution >= 4 is 5.91 Å². The highest BCUT2D eigenvalue weighted by Gasteiger charge is 2.27. The average Bonchev–Trinajstić information content (AvgIpc) is 3.23. The van der Waals surface area contributed by atoms with E-state index < -0.39 is 0 Å². The number of benzene rings is 1. The molecule has 1 amide bonds. The maximum absolute atomic E-state index is 12.4. The van der Waals surface area contributed by atoms with Gasteiger partial charge in [0, 0.05) is 32.4 Å². The minimum Gasteiger partial charge on any atom is -0.425 e. The number of amides is 1. The molecule has 1 aliphatic heterocycles. The molecule has 1 saturated heterocycles. The molecule has 1 fully saturated rings. The molecule has 0 saturated carbocycles. The number of rotatable bonds is 7. The summed E-state index contributed by atoms with van der Waals surface area (Å²) in [7, 11) is 0. The molecule has 25 heavy (non-hydrogen) atoms. The summed E-state index contributed by atoms with van der Waals surface area (Å²) < 4.78 is 5.73. The number of aryl methyl sites for hydroxylation is 1. The van der Waals surface area contributed by atoms with Gasteiger partial charge in [0.25, 0.3) is 0 Å². The first-order valence-electron chi connectivity index (χ1n) is 9.23.